The molecule has 0 saturated carbocycles. The van der Waals surface area contributed by atoms with Crippen LogP contribution in [0.3, 0.4) is 0 Å². The number of carbonyl (C=O) groups is 1. The van der Waals surface area contributed by atoms with Crippen LogP contribution in [0.1, 0.15) is 12.8 Å². The van der Waals surface area contributed by atoms with Gasteiger partial charge in [0, 0.05) is 0 Å². The second-order valence-corrected chi connectivity index (χ2v) is 10.7. The van der Waals surface area contributed by atoms with Gasteiger partial charge in [-0.25, -0.2) is 0 Å². The van der Waals surface area contributed by atoms with Crippen molar-refractivity contribution in [3.05, 3.63) is 91.0 Å². The molecule has 3 heteroatoms. The Labute approximate surface area is 155 Å². The molecule has 0 aliphatic rings. The van der Waals surface area contributed by atoms with Gasteiger partial charge in [0.25, 0.3) is 0 Å². The van der Waals surface area contributed by atoms with Crippen molar-refractivity contribution in [3.63, 3.8) is 0 Å². The number of hydrogen-bond acceptors (Lipinski definition) is 1. The minimum absolute atomic E-state index is 0.253. The molecule has 0 heterocycles. The maximum absolute atomic E-state index is 11.3. The molecule has 0 spiro atoms. The van der Waals surface area contributed by atoms with Gasteiger partial charge in [0.05, 0.1) is 0 Å². The van der Waals surface area contributed by atoms with E-state index in [1.54, 1.807) is 0 Å². The molecule has 3 rings (SSSR count). The van der Waals surface area contributed by atoms with Crippen LogP contribution >= 0.6 is 18.9 Å². The predicted molar refractivity (Wildman–Crippen MR) is 112 cm³/mol. The van der Waals surface area contributed by atoms with E-state index in [1.165, 1.54) is 15.9 Å². The zero-order valence-corrected chi connectivity index (χ0v) is 15.8. The first kappa shape index (κ1) is 17.9. The summed E-state index contributed by atoms with van der Waals surface area (Å²) in [5.74, 6) is 0. The number of halogens is 1. The van der Waals surface area contributed by atoms with Crippen molar-refractivity contribution in [1.29, 1.82) is 0 Å². The fraction of sp³-hybridized carbons (Fsp3) is 0.136. The zero-order chi connectivity index (χ0) is 17.5. The fourth-order valence-electron chi connectivity index (χ4n) is 3.59. The van der Waals surface area contributed by atoms with Crippen LogP contribution in [0.25, 0.3) is 0 Å². The molecule has 0 radical (unpaired) electrons. The first-order chi connectivity index (χ1) is 12.2. The van der Waals surface area contributed by atoms with E-state index < -0.39 is 7.26 Å². The van der Waals surface area contributed by atoms with Crippen LogP contribution in [0.15, 0.2) is 91.0 Å². The second kappa shape index (κ2) is 8.43. The van der Waals surface area contributed by atoms with E-state index in [-0.39, 0.29) is 5.24 Å². The summed E-state index contributed by atoms with van der Waals surface area (Å²) in [6.45, 7) is 0. The van der Waals surface area contributed by atoms with E-state index >= 15 is 0 Å². The van der Waals surface area contributed by atoms with E-state index in [2.05, 4.69) is 91.0 Å². The molecule has 0 fully saturated rings. The van der Waals surface area contributed by atoms with Gasteiger partial charge in [-0.2, -0.15) is 0 Å². The van der Waals surface area contributed by atoms with E-state index in [1.807, 2.05) is 0 Å². The summed E-state index contributed by atoms with van der Waals surface area (Å²) >= 11 is 5.62. The summed E-state index contributed by atoms with van der Waals surface area (Å²) in [5, 5.41) is 3.86. The summed E-state index contributed by atoms with van der Waals surface area (Å²) in [7, 11) is -2.20. The van der Waals surface area contributed by atoms with Crippen LogP contribution < -0.4 is 15.9 Å². The van der Waals surface area contributed by atoms with Crippen molar-refractivity contribution in [3.8, 4) is 0 Å². The Morgan fingerprint density at radius 1 is 0.680 bits per heavy atom. The van der Waals surface area contributed by atoms with E-state index in [0.717, 1.165) is 12.6 Å². The Kier molecular flexibility index (Phi) is 6.02. The minimum atomic E-state index is -2.20. The van der Waals surface area contributed by atoms with Crippen molar-refractivity contribution < 1.29 is 4.79 Å². The van der Waals surface area contributed by atoms with Gasteiger partial charge in [0.2, 0.25) is 0 Å². The van der Waals surface area contributed by atoms with Gasteiger partial charge in [-0.3, -0.25) is 0 Å². The van der Waals surface area contributed by atoms with Gasteiger partial charge in [-0.1, -0.05) is 0 Å². The summed E-state index contributed by atoms with van der Waals surface area (Å²) < 4.78 is 0. The Bertz CT molecular complexity index is 707. The van der Waals surface area contributed by atoms with E-state index in [4.69, 9.17) is 11.6 Å². The molecule has 0 N–H and O–H groups in total. The van der Waals surface area contributed by atoms with Crippen molar-refractivity contribution in [2.24, 2.45) is 0 Å². The average molecular weight is 369 g/mol. The van der Waals surface area contributed by atoms with Crippen molar-refractivity contribution >= 4 is 40.0 Å². The summed E-state index contributed by atoms with van der Waals surface area (Å²) in [6.07, 6.45) is 2.18. The molecule has 0 aromatic heterocycles. The van der Waals surface area contributed by atoms with Gasteiger partial charge >= 0.3 is 155 Å². The summed E-state index contributed by atoms with van der Waals surface area (Å²) in [4.78, 5) is 11.3. The molecule has 0 aliphatic carbocycles. The summed E-state index contributed by atoms with van der Waals surface area (Å²) in [6, 6.07) is 32.2. The Hall–Kier alpha value is -1.95. The normalized spacial score (nSPS) is 11.9. The van der Waals surface area contributed by atoms with Crippen LogP contribution in [-0.2, 0) is 4.79 Å². The molecule has 0 saturated heterocycles. The van der Waals surface area contributed by atoms with Crippen LogP contribution in [0, 0.1) is 0 Å². The third-order valence-electron chi connectivity index (χ3n) is 4.72. The first-order valence-electron chi connectivity index (χ1n) is 8.58. The Balaban J connectivity index is 2.18. The van der Waals surface area contributed by atoms with Crippen LogP contribution in [0.5, 0.6) is 0 Å². The third-order valence-corrected chi connectivity index (χ3v) is 9.97. The Morgan fingerprint density at radius 2 is 1.04 bits per heavy atom. The number of benzene rings is 3. The van der Waals surface area contributed by atoms with Crippen LogP contribution in [0.4, 0.5) is 0 Å². The topological polar surface area (TPSA) is 17.1 Å². The molecule has 0 atom stereocenters. The molecule has 0 amide bonds. The molecule has 25 heavy (non-hydrogen) atoms. The molecule has 0 aliphatic heterocycles. The Morgan fingerprint density at radius 3 is 1.36 bits per heavy atom. The van der Waals surface area contributed by atoms with Crippen molar-refractivity contribution in [2.45, 2.75) is 12.8 Å². The number of carbonyl (C=O) groups excluding carboxylic acids is 1. The molecule has 0 unspecified atom stereocenters. The van der Waals surface area contributed by atoms with Crippen LogP contribution in [0.2, 0.25) is 0 Å². The molecule has 128 valence electrons. The number of rotatable bonds is 7. The zero-order valence-electron chi connectivity index (χ0n) is 14.1. The first-order valence-corrected chi connectivity index (χ1v) is 11.2. The molecule has 3 aromatic rings. The maximum atomic E-state index is 11.3. The van der Waals surface area contributed by atoms with Crippen LogP contribution in [-0.4, -0.2) is 11.4 Å². The summed E-state index contributed by atoms with van der Waals surface area (Å²) in [5.41, 5.74) is 0. The predicted octanol–water partition coefficient (Wildman–Crippen LogP) is 4.26. The average Bonchev–Trinajstić information content (AvgIpc) is 2.67. The molecule has 3 aromatic carbocycles. The number of hydrogen-bond donors (Lipinski definition) is 0. The SMILES string of the molecule is O=C(Cl)CCC[PH](c1ccccc1)(c1ccccc1)c1ccccc1. The van der Waals surface area contributed by atoms with Gasteiger partial charge in [-0.05, 0) is 0 Å². The van der Waals surface area contributed by atoms with E-state index in [9.17, 15) is 4.79 Å². The fourth-order valence-corrected chi connectivity index (χ4v) is 8.58. The molecule has 0 bridgehead atoms. The standard InChI is InChI=1S/C22H22ClOP/c23-22(24)17-10-18-25(19-11-4-1-5-12-19,20-13-6-2-7-14-20)21-15-8-3-9-16-21/h1-9,11-16,25H,10,17-18H2. The molecule has 1 nitrogen and oxygen atoms in total. The van der Waals surface area contributed by atoms with Gasteiger partial charge in [-0.15, -0.1) is 0 Å². The molecular weight excluding hydrogens is 347 g/mol. The quantitative estimate of drug-likeness (QED) is 0.450. The third kappa shape index (κ3) is 4.00. The van der Waals surface area contributed by atoms with Crippen molar-refractivity contribution in [1.82, 2.24) is 0 Å². The van der Waals surface area contributed by atoms with Gasteiger partial charge in [0.15, 0.2) is 0 Å². The van der Waals surface area contributed by atoms with E-state index in [0.29, 0.717) is 6.42 Å². The van der Waals surface area contributed by atoms with Crippen molar-refractivity contribution in [2.75, 3.05) is 6.16 Å². The monoisotopic (exact) mass is 368 g/mol. The second-order valence-electron chi connectivity index (χ2n) is 6.21. The van der Waals surface area contributed by atoms with Gasteiger partial charge in [0.1, 0.15) is 0 Å². The van der Waals surface area contributed by atoms with Gasteiger partial charge < -0.3 is 0 Å². The molecular formula is C22H22ClOP.